The lowest BCUT2D eigenvalue weighted by atomic mass is 10.2. The van der Waals surface area contributed by atoms with Crippen molar-refractivity contribution in [3.63, 3.8) is 0 Å². The molecule has 21 heavy (non-hydrogen) atoms. The molecule has 0 aliphatic carbocycles. The first-order valence-electron chi connectivity index (χ1n) is 6.79. The molecule has 0 radical (unpaired) electrons. The summed E-state index contributed by atoms with van der Waals surface area (Å²) in [5.41, 5.74) is 7.36. The number of hydrogen-bond donors (Lipinski definition) is 2. The summed E-state index contributed by atoms with van der Waals surface area (Å²) in [7, 11) is 1.76. The number of thiophene rings is 1. The molecule has 0 aromatic carbocycles. The standard InChI is InChI=1S/C15H20N4OS/c1-11-5-6-12(14(20)19(11)2)10-18-15(16)17-8-7-13-4-3-9-21-13/h3-6,9H,7-8,10H2,1-2H3,(H3,16,17,18). The van der Waals surface area contributed by atoms with Crippen molar-refractivity contribution in [1.29, 1.82) is 0 Å². The molecule has 0 aliphatic heterocycles. The molecule has 0 saturated carbocycles. The molecule has 2 aromatic rings. The van der Waals surface area contributed by atoms with Gasteiger partial charge in [-0.05, 0) is 36.9 Å². The Morgan fingerprint density at radius 3 is 2.95 bits per heavy atom. The molecule has 0 fully saturated rings. The summed E-state index contributed by atoms with van der Waals surface area (Å²) in [5.74, 6) is 0.370. The molecule has 0 saturated heterocycles. The van der Waals surface area contributed by atoms with Gasteiger partial charge in [0, 0.05) is 29.7 Å². The number of nitrogens with one attached hydrogen (secondary N) is 1. The van der Waals surface area contributed by atoms with Crippen molar-refractivity contribution >= 4 is 17.3 Å². The van der Waals surface area contributed by atoms with Gasteiger partial charge in [-0.3, -0.25) is 4.79 Å². The van der Waals surface area contributed by atoms with E-state index in [0.717, 1.165) is 18.7 Å². The van der Waals surface area contributed by atoms with Crippen LogP contribution in [0.1, 0.15) is 16.1 Å². The second-order valence-electron chi connectivity index (χ2n) is 4.82. The average Bonchev–Trinajstić information content (AvgIpc) is 2.97. The normalized spacial score (nSPS) is 11.6. The van der Waals surface area contributed by atoms with Crippen LogP contribution in [0.5, 0.6) is 0 Å². The smallest absolute Gasteiger partial charge is 0.255 e. The number of guanidine groups is 1. The molecule has 0 atom stereocenters. The van der Waals surface area contributed by atoms with Crippen LogP contribution in [-0.2, 0) is 20.0 Å². The van der Waals surface area contributed by atoms with Crippen LogP contribution in [-0.4, -0.2) is 17.1 Å². The van der Waals surface area contributed by atoms with Crippen molar-refractivity contribution in [2.45, 2.75) is 19.9 Å². The summed E-state index contributed by atoms with van der Waals surface area (Å²) < 4.78 is 1.62. The first kappa shape index (κ1) is 15.3. The van der Waals surface area contributed by atoms with E-state index < -0.39 is 0 Å². The topological polar surface area (TPSA) is 72.4 Å². The zero-order chi connectivity index (χ0) is 15.2. The SMILES string of the molecule is Cc1ccc(CN=C(N)NCCc2cccs2)c(=O)n1C. The van der Waals surface area contributed by atoms with Gasteiger partial charge in [0.25, 0.3) is 5.56 Å². The Labute approximate surface area is 128 Å². The Bertz CT molecular complexity index is 673. The summed E-state index contributed by atoms with van der Waals surface area (Å²) in [5, 5.41) is 5.12. The lowest BCUT2D eigenvalue weighted by Gasteiger charge is -2.06. The van der Waals surface area contributed by atoms with Crippen molar-refractivity contribution in [3.8, 4) is 0 Å². The van der Waals surface area contributed by atoms with Crippen LogP contribution in [0.15, 0.2) is 39.4 Å². The van der Waals surface area contributed by atoms with Crippen LogP contribution >= 0.6 is 11.3 Å². The van der Waals surface area contributed by atoms with E-state index in [1.54, 1.807) is 29.0 Å². The van der Waals surface area contributed by atoms with E-state index in [-0.39, 0.29) is 5.56 Å². The maximum atomic E-state index is 12.0. The number of aliphatic imine (C=N–C) groups is 1. The van der Waals surface area contributed by atoms with E-state index in [2.05, 4.69) is 21.8 Å². The van der Waals surface area contributed by atoms with Crippen LogP contribution in [0.4, 0.5) is 0 Å². The molecule has 0 spiro atoms. The molecular weight excluding hydrogens is 284 g/mol. The van der Waals surface area contributed by atoms with Gasteiger partial charge in [0.1, 0.15) is 0 Å². The summed E-state index contributed by atoms with van der Waals surface area (Å²) in [4.78, 5) is 17.5. The summed E-state index contributed by atoms with van der Waals surface area (Å²) in [6.45, 7) is 2.93. The quantitative estimate of drug-likeness (QED) is 0.648. The van der Waals surface area contributed by atoms with Crippen LogP contribution in [0, 0.1) is 6.92 Å². The van der Waals surface area contributed by atoms with Crippen molar-refractivity contribution in [3.05, 3.63) is 56.1 Å². The number of rotatable bonds is 5. The fourth-order valence-corrected chi connectivity index (χ4v) is 2.60. The first-order valence-corrected chi connectivity index (χ1v) is 7.67. The minimum absolute atomic E-state index is 0.0230. The largest absolute Gasteiger partial charge is 0.370 e. The predicted molar refractivity (Wildman–Crippen MR) is 87.8 cm³/mol. The van der Waals surface area contributed by atoms with Crippen molar-refractivity contribution in [2.24, 2.45) is 17.8 Å². The summed E-state index contributed by atoms with van der Waals surface area (Å²) in [6.07, 6.45) is 0.917. The third-order valence-corrected chi connectivity index (χ3v) is 4.25. The number of hydrogen-bond acceptors (Lipinski definition) is 3. The van der Waals surface area contributed by atoms with Gasteiger partial charge in [-0.2, -0.15) is 0 Å². The third kappa shape index (κ3) is 4.19. The number of pyridine rings is 1. The minimum atomic E-state index is -0.0230. The number of nitrogens with two attached hydrogens (primary N) is 1. The monoisotopic (exact) mass is 304 g/mol. The highest BCUT2D eigenvalue weighted by Crippen LogP contribution is 2.07. The fraction of sp³-hybridized carbons (Fsp3) is 0.333. The Kier molecular flexibility index (Phi) is 5.16. The van der Waals surface area contributed by atoms with Gasteiger partial charge in [-0.1, -0.05) is 6.07 Å². The Balaban J connectivity index is 1.88. The molecule has 0 unspecified atom stereocenters. The van der Waals surface area contributed by atoms with Gasteiger partial charge < -0.3 is 15.6 Å². The van der Waals surface area contributed by atoms with Gasteiger partial charge in [0.05, 0.1) is 6.54 Å². The zero-order valence-electron chi connectivity index (χ0n) is 12.3. The first-order chi connectivity index (χ1) is 10.1. The zero-order valence-corrected chi connectivity index (χ0v) is 13.1. The molecule has 0 aliphatic rings. The molecule has 3 N–H and O–H groups in total. The Morgan fingerprint density at radius 1 is 1.43 bits per heavy atom. The summed E-state index contributed by atoms with van der Waals surface area (Å²) >= 11 is 1.72. The van der Waals surface area contributed by atoms with E-state index in [0.29, 0.717) is 18.1 Å². The molecule has 112 valence electrons. The van der Waals surface area contributed by atoms with Gasteiger partial charge >= 0.3 is 0 Å². The second-order valence-corrected chi connectivity index (χ2v) is 5.85. The lowest BCUT2D eigenvalue weighted by Crippen LogP contribution is -2.33. The molecule has 5 nitrogen and oxygen atoms in total. The van der Waals surface area contributed by atoms with E-state index in [1.807, 2.05) is 19.1 Å². The number of aromatic nitrogens is 1. The maximum absolute atomic E-state index is 12.0. The van der Waals surface area contributed by atoms with Crippen LogP contribution in [0.25, 0.3) is 0 Å². The highest BCUT2D eigenvalue weighted by Gasteiger charge is 2.03. The maximum Gasteiger partial charge on any atom is 0.255 e. The van der Waals surface area contributed by atoms with E-state index >= 15 is 0 Å². The van der Waals surface area contributed by atoms with E-state index in [1.165, 1.54) is 4.88 Å². The second kappa shape index (κ2) is 7.08. The number of aryl methyl sites for hydroxylation is 1. The summed E-state index contributed by atoms with van der Waals surface area (Å²) in [6, 6.07) is 7.84. The van der Waals surface area contributed by atoms with Gasteiger partial charge in [0.2, 0.25) is 0 Å². The van der Waals surface area contributed by atoms with Gasteiger partial charge in [-0.25, -0.2) is 4.99 Å². The molecule has 0 bridgehead atoms. The highest BCUT2D eigenvalue weighted by molar-refractivity contribution is 7.09. The van der Waals surface area contributed by atoms with Crippen LogP contribution in [0.2, 0.25) is 0 Å². The van der Waals surface area contributed by atoms with Crippen LogP contribution < -0.4 is 16.6 Å². The molecule has 2 rings (SSSR count). The van der Waals surface area contributed by atoms with Gasteiger partial charge in [0.15, 0.2) is 5.96 Å². The molecule has 6 heteroatoms. The lowest BCUT2D eigenvalue weighted by molar-refractivity contribution is 0.791. The third-order valence-electron chi connectivity index (χ3n) is 3.31. The van der Waals surface area contributed by atoms with E-state index in [4.69, 9.17) is 5.73 Å². The highest BCUT2D eigenvalue weighted by atomic mass is 32.1. The van der Waals surface area contributed by atoms with Crippen LogP contribution in [0.3, 0.4) is 0 Å². The Morgan fingerprint density at radius 2 is 2.24 bits per heavy atom. The Hall–Kier alpha value is -2.08. The number of nitrogens with zero attached hydrogens (tertiary/aromatic N) is 2. The average molecular weight is 304 g/mol. The van der Waals surface area contributed by atoms with Gasteiger partial charge in [-0.15, -0.1) is 11.3 Å². The molecular formula is C15H20N4OS. The fourth-order valence-electron chi connectivity index (χ4n) is 1.90. The minimum Gasteiger partial charge on any atom is -0.370 e. The molecule has 0 amide bonds. The van der Waals surface area contributed by atoms with E-state index in [9.17, 15) is 4.79 Å². The van der Waals surface area contributed by atoms with Crippen molar-refractivity contribution in [2.75, 3.05) is 6.54 Å². The van der Waals surface area contributed by atoms with Crippen molar-refractivity contribution < 1.29 is 0 Å². The molecule has 2 heterocycles. The molecule has 2 aromatic heterocycles. The predicted octanol–water partition coefficient (Wildman–Crippen LogP) is 1.40. The van der Waals surface area contributed by atoms with Crippen molar-refractivity contribution in [1.82, 2.24) is 9.88 Å².